The van der Waals surface area contributed by atoms with Crippen LogP contribution in [0.1, 0.15) is 37.1 Å². The third-order valence-corrected chi connectivity index (χ3v) is 7.19. The second kappa shape index (κ2) is 8.10. The lowest BCUT2D eigenvalue weighted by molar-refractivity contribution is 0.225. The number of hydrogen-bond donors (Lipinski definition) is 0. The lowest BCUT2D eigenvalue weighted by Crippen LogP contribution is -2.27. The molecule has 1 atom stereocenters. The molecule has 0 radical (unpaired) electrons. The maximum atomic E-state index is 12.6. The molecular formula is C20H25N5O3S. The van der Waals surface area contributed by atoms with Gasteiger partial charge in [0.25, 0.3) is 10.0 Å². The van der Waals surface area contributed by atoms with Gasteiger partial charge >= 0.3 is 0 Å². The van der Waals surface area contributed by atoms with Crippen LogP contribution in [-0.2, 0) is 16.6 Å². The van der Waals surface area contributed by atoms with E-state index in [1.165, 1.54) is 10.6 Å². The number of nitrogens with zero attached hydrogens (tertiary/aromatic N) is 5. The van der Waals surface area contributed by atoms with E-state index in [1.807, 2.05) is 19.2 Å². The van der Waals surface area contributed by atoms with Crippen LogP contribution in [0.4, 0.5) is 0 Å². The number of rotatable bonds is 7. The summed E-state index contributed by atoms with van der Waals surface area (Å²) in [6.07, 6.45) is 4.98. The Balaban J connectivity index is 1.42. The summed E-state index contributed by atoms with van der Waals surface area (Å²) >= 11 is 0. The van der Waals surface area contributed by atoms with E-state index in [4.69, 9.17) is 4.42 Å². The van der Waals surface area contributed by atoms with E-state index in [9.17, 15) is 8.42 Å². The van der Waals surface area contributed by atoms with E-state index in [2.05, 4.69) is 34.0 Å². The highest BCUT2D eigenvalue weighted by Crippen LogP contribution is 2.26. The molecule has 3 aromatic rings. The summed E-state index contributed by atoms with van der Waals surface area (Å²) < 4.78 is 34.2. The molecule has 0 bridgehead atoms. The first kappa shape index (κ1) is 19.8. The van der Waals surface area contributed by atoms with Gasteiger partial charge in [-0.2, -0.15) is 9.40 Å². The Bertz CT molecular complexity index is 1040. The standard InChI is InChI=1S/C20H25N5O3S/c1-16(17-5-7-18(8-6-17)25-15-21-14-22-25)23(2)13-19-9-10-20(28-19)29(26,27)24-11-3-4-12-24/h5-10,14-16H,3-4,11-13H2,1-2H3/t16-/m0/s1. The Labute approximate surface area is 170 Å². The van der Waals surface area contributed by atoms with Gasteiger partial charge in [0.15, 0.2) is 0 Å². The second-order valence-corrected chi connectivity index (χ2v) is 9.22. The summed E-state index contributed by atoms with van der Waals surface area (Å²) in [5, 5.41) is 4.17. The number of benzene rings is 1. The number of hydrogen-bond acceptors (Lipinski definition) is 6. The molecule has 0 spiro atoms. The average Bonchev–Trinajstić information content (AvgIpc) is 3.50. The lowest BCUT2D eigenvalue weighted by Gasteiger charge is -2.24. The van der Waals surface area contributed by atoms with Gasteiger partial charge in [0, 0.05) is 19.1 Å². The maximum absolute atomic E-state index is 12.6. The highest BCUT2D eigenvalue weighted by atomic mass is 32.2. The van der Waals surface area contributed by atoms with Crippen molar-refractivity contribution in [3.63, 3.8) is 0 Å². The first-order chi connectivity index (χ1) is 13.9. The highest BCUT2D eigenvalue weighted by molar-refractivity contribution is 7.89. The first-order valence-corrected chi connectivity index (χ1v) is 11.1. The monoisotopic (exact) mass is 415 g/mol. The van der Waals surface area contributed by atoms with Gasteiger partial charge in [-0.1, -0.05) is 12.1 Å². The molecule has 1 aliphatic rings. The fourth-order valence-corrected chi connectivity index (χ4v) is 4.97. The summed E-state index contributed by atoms with van der Waals surface area (Å²) in [7, 11) is -1.52. The van der Waals surface area contributed by atoms with Crippen molar-refractivity contribution in [2.45, 2.75) is 37.4 Å². The van der Waals surface area contributed by atoms with Crippen molar-refractivity contribution >= 4 is 10.0 Å². The Morgan fingerprint density at radius 3 is 2.52 bits per heavy atom. The molecule has 3 heterocycles. The topological polar surface area (TPSA) is 84.5 Å². The molecule has 0 unspecified atom stereocenters. The van der Waals surface area contributed by atoms with Crippen LogP contribution in [0.15, 0.2) is 58.6 Å². The van der Waals surface area contributed by atoms with E-state index < -0.39 is 10.0 Å². The second-order valence-electron chi connectivity index (χ2n) is 7.35. The highest BCUT2D eigenvalue weighted by Gasteiger charge is 2.30. The molecule has 0 saturated carbocycles. The summed E-state index contributed by atoms with van der Waals surface area (Å²) in [5.41, 5.74) is 2.09. The number of sulfonamides is 1. The predicted octanol–water partition coefficient (Wildman–Crippen LogP) is 2.84. The average molecular weight is 416 g/mol. The van der Waals surface area contributed by atoms with Gasteiger partial charge in [-0.05, 0) is 56.6 Å². The van der Waals surface area contributed by atoms with Gasteiger partial charge in [0.1, 0.15) is 18.4 Å². The van der Waals surface area contributed by atoms with Crippen LogP contribution in [-0.4, -0.2) is 52.5 Å². The molecule has 29 heavy (non-hydrogen) atoms. The van der Waals surface area contributed by atoms with Gasteiger partial charge in [-0.25, -0.2) is 18.1 Å². The minimum atomic E-state index is -3.52. The van der Waals surface area contributed by atoms with E-state index in [0.29, 0.717) is 25.4 Å². The van der Waals surface area contributed by atoms with Crippen molar-refractivity contribution < 1.29 is 12.8 Å². The molecule has 0 amide bonds. The smallest absolute Gasteiger partial charge is 0.276 e. The van der Waals surface area contributed by atoms with Gasteiger partial charge < -0.3 is 4.42 Å². The summed E-state index contributed by atoms with van der Waals surface area (Å²) in [5.74, 6) is 0.636. The molecule has 2 aromatic heterocycles. The van der Waals surface area contributed by atoms with Crippen LogP contribution in [0.3, 0.4) is 0 Å². The zero-order chi connectivity index (χ0) is 20.4. The van der Waals surface area contributed by atoms with Crippen LogP contribution in [0.25, 0.3) is 5.69 Å². The maximum Gasteiger partial charge on any atom is 0.276 e. The van der Waals surface area contributed by atoms with E-state index in [1.54, 1.807) is 23.1 Å². The molecule has 9 heteroatoms. The minimum Gasteiger partial charge on any atom is -0.447 e. The minimum absolute atomic E-state index is 0.0349. The Kier molecular flexibility index (Phi) is 5.53. The zero-order valence-electron chi connectivity index (χ0n) is 16.6. The largest absolute Gasteiger partial charge is 0.447 e. The Hall–Kier alpha value is -2.49. The van der Waals surface area contributed by atoms with E-state index >= 15 is 0 Å². The van der Waals surface area contributed by atoms with Crippen molar-refractivity contribution in [3.05, 3.63) is 60.4 Å². The zero-order valence-corrected chi connectivity index (χ0v) is 17.4. The van der Waals surface area contributed by atoms with Crippen molar-refractivity contribution in [1.82, 2.24) is 24.0 Å². The number of aromatic nitrogens is 3. The Morgan fingerprint density at radius 2 is 1.86 bits per heavy atom. The number of furan rings is 1. The first-order valence-electron chi connectivity index (χ1n) is 9.69. The normalized spacial score (nSPS) is 16.5. The van der Waals surface area contributed by atoms with Crippen LogP contribution in [0.2, 0.25) is 0 Å². The van der Waals surface area contributed by atoms with Gasteiger partial charge in [0.05, 0.1) is 12.2 Å². The van der Waals surface area contributed by atoms with Crippen molar-refractivity contribution in [2.24, 2.45) is 0 Å². The molecule has 0 aliphatic carbocycles. The molecule has 1 fully saturated rings. The third kappa shape index (κ3) is 4.12. The van der Waals surface area contributed by atoms with Crippen molar-refractivity contribution in [3.8, 4) is 5.69 Å². The SMILES string of the molecule is C[C@@H](c1ccc(-n2cncn2)cc1)N(C)Cc1ccc(S(=O)(=O)N2CCCC2)o1. The van der Waals surface area contributed by atoms with Gasteiger partial charge in [0.2, 0.25) is 5.09 Å². The molecule has 0 N–H and O–H groups in total. The van der Waals surface area contributed by atoms with E-state index in [0.717, 1.165) is 24.1 Å². The molecule has 4 rings (SSSR count). The van der Waals surface area contributed by atoms with Crippen LogP contribution < -0.4 is 0 Å². The van der Waals surface area contributed by atoms with Crippen LogP contribution in [0.5, 0.6) is 0 Å². The molecule has 1 saturated heterocycles. The van der Waals surface area contributed by atoms with Crippen molar-refractivity contribution in [1.29, 1.82) is 0 Å². The van der Waals surface area contributed by atoms with Crippen molar-refractivity contribution in [2.75, 3.05) is 20.1 Å². The van der Waals surface area contributed by atoms with E-state index in [-0.39, 0.29) is 11.1 Å². The summed E-state index contributed by atoms with van der Waals surface area (Å²) in [6, 6.07) is 11.6. The molecule has 1 aromatic carbocycles. The van der Waals surface area contributed by atoms with Crippen LogP contribution >= 0.6 is 0 Å². The fourth-order valence-electron chi connectivity index (χ4n) is 3.52. The predicted molar refractivity (Wildman–Crippen MR) is 108 cm³/mol. The molecular weight excluding hydrogens is 390 g/mol. The van der Waals surface area contributed by atoms with Gasteiger partial charge in [-0.3, -0.25) is 4.90 Å². The van der Waals surface area contributed by atoms with Gasteiger partial charge in [-0.15, -0.1) is 0 Å². The third-order valence-electron chi connectivity index (χ3n) is 5.42. The lowest BCUT2D eigenvalue weighted by atomic mass is 10.1. The van der Waals surface area contributed by atoms with Crippen LogP contribution in [0, 0.1) is 0 Å². The summed E-state index contributed by atoms with van der Waals surface area (Å²) in [6.45, 7) is 3.76. The Morgan fingerprint density at radius 1 is 1.14 bits per heavy atom. The quantitative estimate of drug-likeness (QED) is 0.590. The molecule has 1 aliphatic heterocycles. The molecule has 154 valence electrons. The fraction of sp³-hybridized carbons (Fsp3) is 0.400. The molecule has 8 nitrogen and oxygen atoms in total. The summed E-state index contributed by atoms with van der Waals surface area (Å²) in [4.78, 5) is 6.08.